The molecule has 0 aliphatic carbocycles. The van der Waals surface area contributed by atoms with Crippen LogP contribution in [0.25, 0.3) is 5.69 Å². The molecule has 1 amide bonds. The molecule has 1 aliphatic rings. The second-order valence-corrected chi connectivity index (χ2v) is 5.93. The molecule has 4 rings (SSSR count). The smallest absolute Gasteiger partial charge is 0.414 e. The second-order valence-electron chi connectivity index (χ2n) is 5.93. The maximum Gasteiger partial charge on any atom is 0.414 e. The van der Waals surface area contributed by atoms with Gasteiger partial charge in [0.05, 0.1) is 24.0 Å². The van der Waals surface area contributed by atoms with Gasteiger partial charge in [-0.2, -0.15) is 15.2 Å². The summed E-state index contributed by atoms with van der Waals surface area (Å²) in [5.41, 5.74) is 0.854. The van der Waals surface area contributed by atoms with E-state index in [1.165, 1.54) is 38.9 Å². The third kappa shape index (κ3) is 3.20. The molecule has 136 valence electrons. The van der Waals surface area contributed by atoms with E-state index in [-0.39, 0.29) is 18.8 Å². The van der Waals surface area contributed by atoms with Crippen LogP contribution in [0, 0.1) is 24.1 Å². The molecule has 3 aromatic rings. The highest BCUT2D eigenvalue weighted by atomic mass is 19.1. The number of amides is 1. The summed E-state index contributed by atoms with van der Waals surface area (Å²) in [5, 5.41) is 24.5. The number of tetrazole rings is 1. The van der Waals surface area contributed by atoms with Gasteiger partial charge in [-0.15, -0.1) is 10.2 Å². The molecule has 11 heteroatoms. The van der Waals surface area contributed by atoms with E-state index in [1.807, 2.05) is 6.07 Å². The SMILES string of the molecule is Cc1nnn(C[C@H]2CN(c3ccc(-n4cc(C#N)cn4)c(F)c3)C(=O)O2)n1. The van der Waals surface area contributed by atoms with Crippen LogP contribution in [0.1, 0.15) is 11.4 Å². The zero-order valence-electron chi connectivity index (χ0n) is 14.2. The highest BCUT2D eigenvalue weighted by Crippen LogP contribution is 2.25. The van der Waals surface area contributed by atoms with E-state index < -0.39 is 18.0 Å². The van der Waals surface area contributed by atoms with Crippen molar-refractivity contribution in [3.63, 3.8) is 0 Å². The Balaban J connectivity index is 1.52. The first kappa shape index (κ1) is 16.6. The highest BCUT2D eigenvalue weighted by molar-refractivity contribution is 5.89. The number of hydrogen-bond acceptors (Lipinski definition) is 7. The number of nitriles is 1. The standard InChI is InChI=1S/C16H13FN8O2/c1-10-20-22-25(21-10)9-13-8-23(16(26)27-13)12-2-3-15(14(17)4-12)24-7-11(5-18)6-19-24/h2-4,6-7,13H,8-9H2,1H3/t13-/m1/s1. The number of benzene rings is 1. The molecule has 0 unspecified atom stereocenters. The zero-order valence-corrected chi connectivity index (χ0v) is 14.2. The molecule has 1 saturated heterocycles. The predicted molar refractivity (Wildman–Crippen MR) is 88.4 cm³/mol. The van der Waals surface area contributed by atoms with Crippen molar-refractivity contribution in [3.05, 3.63) is 47.8 Å². The Morgan fingerprint density at radius 1 is 1.44 bits per heavy atom. The lowest BCUT2D eigenvalue weighted by atomic mass is 10.2. The predicted octanol–water partition coefficient (Wildman–Crippen LogP) is 1.20. The summed E-state index contributed by atoms with van der Waals surface area (Å²) < 4.78 is 21.1. The number of ether oxygens (including phenoxy) is 1. The maximum atomic E-state index is 14.5. The van der Waals surface area contributed by atoms with Gasteiger partial charge < -0.3 is 4.74 Å². The van der Waals surface area contributed by atoms with Crippen molar-refractivity contribution in [1.82, 2.24) is 30.0 Å². The molecule has 1 fully saturated rings. The van der Waals surface area contributed by atoms with E-state index in [9.17, 15) is 9.18 Å². The first-order valence-corrected chi connectivity index (χ1v) is 8.01. The summed E-state index contributed by atoms with van der Waals surface area (Å²) in [6.07, 6.45) is 1.72. The van der Waals surface area contributed by atoms with Gasteiger partial charge in [0.1, 0.15) is 24.4 Å². The third-order valence-corrected chi connectivity index (χ3v) is 4.00. The average molecular weight is 368 g/mol. The van der Waals surface area contributed by atoms with Gasteiger partial charge in [-0.25, -0.2) is 13.9 Å². The monoisotopic (exact) mass is 368 g/mol. The molecule has 0 bridgehead atoms. The third-order valence-electron chi connectivity index (χ3n) is 4.00. The van der Waals surface area contributed by atoms with E-state index in [1.54, 1.807) is 13.0 Å². The minimum Gasteiger partial charge on any atom is -0.442 e. The Kier molecular flexibility index (Phi) is 4.00. The van der Waals surface area contributed by atoms with Crippen LogP contribution in [0.4, 0.5) is 14.9 Å². The molecule has 1 aromatic carbocycles. The van der Waals surface area contributed by atoms with E-state index >= 15 is 0 Å². The van der Waals surface area contributed by atoms with E-state index in [2.05, 4.69) is 20.5 Å². The highest BCUT2D eigenvalue weighted by Gasteiger charge is 2.33. The summed E-state index contributed by atoms with van der Waals surface area (Å²) in [4.78, 5) is 14.8. The van der Waals surface area contributed by atoms with Crippen molar-refractivity contribution in [2.75, 3.05) is 11.4 Å². The fourth-order valence-electron chi connectivity index (χ4n) is 2.77. The Bertz CT molecular complexity index is 1050. The van der Waals surface area contributed by atoms with E-state index in [4.69, 9.17) is 10.00 Å². The number of cyclic esters (lactones) is 1. The first-order chi connectivity index (χ1) is 13.0. The molecule has 2 aromatic heterocycles. The lowest BCUT2D eigenvalue weighted by molar-refractivity contribution is 0.126. The molecule has 3 heterocycles. The van der Waals surface area contributed by atoms with Crippen LogP contribution in [-0.2, 0) is 11.3 Å². The lowest BCUT2D eigenvalue weighted by Crippen LogP contribution is -2.26. The average Bonchev–Trinajstić information content (AvgIpc) is 3.35. The van der Waals surface area contributed by atoms with Crippen molar-refractivity contribution < 1.29 is 13.9 Å². The van der Waals surface area contributed by atoms with Gasteiger partial charge in [-0.3, -0.25) is 4.90 Å². The minimum atomic E-state index is -0.579. The van der Waals surface area contributed by atoms with Crippen molar-refractivity contribution in [3.8, 4) is 11.8 Å². The molecule has 27 heavy (non-hydrogen) atoms. The summed E-state index contributed by atoms with van der Waals surface area (Å²) in [6, 6.07) is 6.24. The molecule has 0 saturated carbocycles. The maximum absolute atomic E-state index is 14.5. The molecule has 0 N–H and O–H groups in total. The Hall–Kier alpha value is -3.81. The quantitative estimate of drug-likeness (QED) is 0.679. The fraction of sp³-hybridized carbons (Fsp3) is 0.250. The Morgan fingerprint density at radius 2 is 2.30 bits per heavy atom. The van der Waals surface area contributed by atoms with Crippen LogP contribution in [-0.4, -0.2) is 48.7 Å². The van der Waals surface area contributed by atoms with Crippen LogP contribution < -0.4 is 4.90 Å². The molecule has 0 radical (unpaired) electrons. The largest absolute Gasteiger partial charge is 0.442 e. The second kappa shape index (κ2) is 6.49. The number of carbonyl (C=O) groups is 1. The number of aromatic nitrogens is 6. The van der Waals surface area contributed by atoms with Gasteiger partial charge in [0.2, 0.25) is 0 Å². The molecule has 10 nitrogen and oxygen atoms in total. The molecular formula is C16H13FN8O2. The first-order valence-electron chi connectivity index (χ1n) is 8.01. The van der Waals surface area contributed by atoms with Crippen molar-refractivity contribution in [2.24, 2.45) is 0 Å². The van der Waals surface area contributed by atoms with E-state index in [0.29, 0.717) is 17.1 Å². The normalized spacial score (nSPS) is 16.4. The fourth-order valence-corrected chi connectivity index (χ4v) is 2.77. The van der Waals surface area contributed by atoms with Gasteiger partial charge in [0, 0.05) is 6.20 Å². The van der Waals surface area contributed by atoms with Crippen molar-refractivity contribution >= 4 is 11.8 Å². The van der Waals surface area contributed by atoms with Crippen molar-refractivity contribution in [2.45, 2.75) is 19.6 Å². The molecule has 1 atom stereocenters. The Morgan fingerprint density at radius 3 is 2.96 bits per heavy atom. The van der Waals surface area contributed by atoms with Crippen LogP contribution in [0.15, 0.2) is 30.6 Å². The summed E-state index contributed by atoms with van der Waals surface area (Å²) in [7, 11) is 0. The summed E-state index contributed by atoms with van der Waals surface area (Å²) >= 11 is 0. The van der Waals surface area contributed by atoms with Gasteiger partial charge in [-0.05, 0) is 30.3 Å². The molecule has 0 spiro atoms. The zero-order chi connectivity index (χ0) is 19.0. The van der Waals surface area contributed by atoms with Crippen molar-refractivity contribution in [1.29, 1.82) is 5.26 Å². The number of aryl methyl sites for hydroxylation is 1. The van der Waals surface area contributed by atoms with Crippen LogP contribution >= 0.6 is 0 Å². The number of hydrogen-bond donors (Lipinski definition) is 0. The van der Waals surface area contributed by atoms with Crippen LogP contribution in [0.3, 0.4) is 0 Å². The van der Waals surface area contributed by atoms with Crippen LogP contribution in [0.2, 0.25) is 0 Å². The van der Waals surface area contributed by atoms with Gasteiger partial charge >= 0.3 is 6.09 Å². The van der Waals surface area contributed by atoms with Gasteiger partial charge in [0.25, 0.3) is 0 Å². The van der Waals surface area contributed by atoms with Gasteiger partial charge in [0.15, 0.2) is 11.6 Å². The topological polar surface area (TPSA) is 115 Å². The number of nitrogens with zero attached hydrogens (tertiary/aromatic N) is 8. The van der Waals surface area contributed by atoms with Gasteiger partial charge in [-0.1, -0.05) is 0 Å². The van der Waals surface area contributed by atoms with E-state index in [0.717, 1.165) is 0 Å². The summed E-state index contributed by atoms with van der Waals surface area (Å²) in [6.45, 7) is 2.20. The Labute approximate surface area is 152 Å². The minimum absolute atomic E-state index is 0.173. The van der Waals surface area contributed by atoms with Crippen LogP contribution in [0.5, 0.6) is 0 Å². The number of anilines is 1. The number of rotatable bonds is 4. The number of carbonyl (C=O) groups excluding carboxylic acids is 1. The lowest BCUT2D eigenvalue weighted by Gasteiger charge is -2.14. The molecular weight excluding hydrogens is 355 g/mol. The summed E-state index contributed by atoms with van der Waals surface area (Å²) in [5.74, 6) is -0.0584. The molecule has 1 aliphatic heterocycles. The number of halogens is 1.